The van der Waals surface area contributed by atoms with Crippen LogP contribution in [0.3, 0.4) is 0 Å². The van der Waals surface area contributed by atoms with E-state index in [0.29, 0.717) is 6.54 Å². The summed E-state index contributed by atoms with van der Waals surface area (Å²) in [5.41, 5.74) is 1.19. The largest absolute Gasteiger partial charge is 0.481 e. The summed E-state index contributed by atoms with van der Waals surface area (Å²) in [6.45, 7) is 2.55. The Morgan fingerprint density at radius 1 is 1.38 bits per heavy atom. The lowest BCUT2D eigenvalue weighted by Crippen LogP contribution is -2.39. The molecule has 0 aliphatic carbocycles. The molecule has 1 aliphatic heterocycles. The summed E-state index contributed by atoms with van der Waals surface area (Å²) in [6.07, 6.45) is 4.91. The van der Waals surface area contributed by atoms with Crippen molar-refractivity contribution < 1.29 is 9.90 Å². The van der Waals surface area contributed by atoms with Crippen LogP contribution in [0.4, 0.5) is 0 Å². The molecule has 2 aromatic heterocycles. The fourth-order valence-electron chi connectivity index (χ4n) is 3.07. The number of rotatable bonds is 6. The van der Waals surface area contributed by atoms with Gasteiger partial charge in [0.05, 0.1) is 15.8 Å². The maximum atomic E-state index is 11.2. The summed E-state index contributed by atoms with van der Waals surface area (Å²) < 4.78 is 0. The Hall–Kier alpha value is -1.14. The summed E-state index contributed by atoms with van der Waals surface area (Å²) >= 11 is 9.71. The van der Waals surface area contributed by atoms with Crippen LogP contribution in [0.15, 0.2) is 35.0 Å². The number of hydrogen-bond acceptors (Lipinski definition) is 4. The second-order valence-electron chi connectivity index (χ2n) is 5.96. The fraction of sp³-hybridized carbons (Fsp3) is 0.389. The highest BCUT2D eigenvalue weighted by molar-refractivity contribution is 7.14. The molecule has 1 unspecified atom stereocenters. The second kappa shape index (κ2) is 8.30. The molecule has 0 spiro atoms. The minimum Gasteiger partial charge on any atom is -0.481 e. The van der Waals surface area contributed by atoms with Crippen molar-refractivity contribution in [2.45, 2.75) is 19.3 Å². The molecule has 24 heavy (non-hydrogen) atoms. The van der Waals surface area contributed by atoms with Crippen molar-refractivity contribution in [2.75, 3.05) is 19.6 Å². The highest BCUT2D eigenvalue weighted by atomic mass is 35.5. The van der Waals surface area contributed by atoms with Gasteiger partial charge in [-0.1, -0.05) is 23.7 Å². The van der Waals surface area contributed by atoms with Crippen LogP contribution >= 0.6 is 34.3 Å². The number of likely N-dealkylation sites (tertiary alicyclic amines) is 1. The SMILES string of the molecule is O=C(O)C1CCCN(CCC=C(c2cccs2)c2sccc2Cl)C1. The molecule has 128 valence electrons. The van der Waals surface area contributed by atoms with Gasteiger partial charge in [-0.2, -0.15) is 0 Å². The van der Waals surface area contributed by atoms with Gasteiger partial charge in [-0.05, 0) is 48.7 Å². The predicted molar refractivity (Wildman–Crippen MR) is 102 cm³/mol. The molecule has 0 bridgehead atoms. The third-order valence-electron chi connectivity index (χ3n) is 4.30. The number of carboxylic acid groups (broad SMARTS) is 1. The number of carbonyl (C=O) groups is 1. The molecule has 3 rings (SSSR count). The molecule has 3 heterocycles. The Labute approximate surface area is 155 Å². The maximum Gasteiger partial charge on any atom is 0.307 e. The summed E-state index contributed by atoms with van der Waals surface area (Å²) in [5, 5.41) is 14.1. The third-order valence-corrected chi connectivity index (χ3v) is 6.57. The minimum atomic E-state index is -0.667. The van der Waals surface area contributed by atoms with Crippen molar-refractivity contribution in [3.8, 4) is 0 Å². The highest BCUT2D eigenvalue weighted by Crippen LogP contribution is 2.36. The van der Waals surface area contributed by atoms with E-state index in [0.717, 1.165) is 42.3 Å². The summed E-state index contributed by atoms with van der Waals surface area (Å²) in [4.78, 5) is 15.8. The van der Waals surface area contributed by atoms with E-state index in [9.17, 15) is 9.90 Å². The molecular weight excluding hydrogens is 362 g/mol. The van der Waals surface area contributed by atoms with E-state index < -0.39 is 5.97 Å². The molecule has 1 saturated heterocycles. The predicted octanol–water partition coefficient (Wildman–Crippen LogP) is 5.08. The molecule has 0 amide bonds. The number of thiophene rings is 2. The van der Waals surface area contributed by atoms with Crippen molar-refractivity contribution in [3.05, 3.63) is 49.8 Å². The van der Waals surface area contributed by atoms with E-state index in [-0.39, 0.29) is 5.92 Å². The standard InChI is InChI=1S/C18H20ClNO2S2/c19-15-7-11-24-17(15)14(16-6-3-10-23-16)5-2-9-20-8-1-4-13(12-20)18(21)22/h3,5-7,10-11,13H,1-2,4,8-9,12H2,(H,21,22). The molecule has 2 aromatic rings. The molecular formula is C18H20ClNO2S2. The topological polar surface area (TPSA) is 40.5 Å². The zero-order valence-electron chi connectivity index (χ0n) is 13.3. The van der Waals surface area contributed by atoms with Crippen LogP contribution in [0.1, 0.15) is 29.0 Å². The number of halogens is 1. The molecule has 1 fully saturated rings. The second-order valence-corrected chi connectivity index (χ2v) is 8.23. The summed E-state index contributed by atoms with van der Waals surface area (Å²) in [6, 6.07) is 6.11. The highest BCUT2D eigenvalue weighted by Gasteiger charge is 2.24. The zero-order chi connectivity index (χ0) is 16.9. The number of piperidine rings is 1. The number of nitrogens with zero attached hydrogens (tertiary/aromatic N) is 1. The first-order valence-electron chi connectivity index (χ1n) is 8.07. The lowest BCUT2D eigenvalue weighted by molar-refractivity contribution is -0.143. The van der Waals surface area contributed by atoms with Crippen molar-refractivity contribution in [1.82, 2.24) is 4.90 Å². The van der Waals surface area contributed by atoms with Crippen LogP contribution in [-0.2, 0) is 4.79 Å². The number of aliphatic carboxylic acids is 1. The number of hydrogen-bond donors (Lipinski definition) is 1. The minimum absolute atomic E-state index is 0.216. The van der Waals surface area contributed by atoms with Gasteiger partial charge in [0, 0.05) is 23.5 Å². The van der Waals surface area contributed by atoms with E-state index in [2.05, 4.69) is 28.5 Å². The normalized spacial score (nSPS) is 19.5. The average molecular weight is 382 g/mol. The van der Waals surface area contributed by atoms with Crippen LogP contribution in [0, 0.1) is 5.92 Å². The lowest BCUT2D eigenvalue weighted by Gasteiger charge is -2.30. The number of carboxylic acids is 1. The Morgan fingerprint density at radius 3 is 2.92 bits per heavy atom. The molecule has 0 saturated carbocycles. The van der Waals surface area contributed by atoms with E-state index in [1.165, 1.54) is 10.5 Å². The fourth-order valence-corrected chi connectivity index (χ4v) is 5.13. The quantitative estimate of drug-likeness (QED) is 0.758. The Balaban J connectivity index is 1.68. The van der Waals surface area contributed by atoms with Crippen molar-refractivity contribution in [3.63, 3.8) is 0 Å². The van der Waals surface area contributed by atoms with Gasteiger partial charge < -0.3 is 10.0 Å². The van der Waals surface area contributed by atoms with Crippen molar-refractivity contribution in [1.29, 1.82) is 0 Å². The monoisotopic (exact) mass is 381 g/mol. The van der Waals surface area contributed by atoms with Gasteiger partial charge in [0.2, 0.25) is 0 Å². The first-order chi connectivity index (χ1) is 11.6. The Morgan fingerprint density at radius 2 is 2.25 bits per heavy atom. The lowest BCUT2D eigenvalue weighted by atomic mass is 9.98. The van der Waals surface area contributed by atoms with Gasteiger partial charge in [0.25, 0.3) is 0 Å². The van der Waals surface area contributed by atoms with Gasteiger partial charge in [-0.25, -0.2) is 0 Å². The van der Waals surface area contributed by atoms with Crippen molar-refractivity contribution in [2.24, 2.45) is 5.92 Å². The summed E-state index contributed by atoms with van der Waals surface area (Å²) in [5.74, 6) is -0.883. The van der Waals surface area contributed by atoms with E-state index in [4.69, 9.17) is 11.6 Å². The third kappa shape index (κ3) is 4.28. The van der Waals surface area contributed by atoms with Gasteiger partial charge in [0.15, 0.2) is 0 Å². The first-order valence-corrected chi connectivity index (χ1v) is 10.2. The van der Waals surface area contributed by atoms with E-state index in [1.807, 2.05) is 11.4 Å². The smallest absolute Gasteiger partial charge is 0.307 e. The zero-order valence-corrected chi connectivity index (χ0v) is 15.7. The first kappa shape index (κ1) is 17.7. The Bertz CT molecular complexity index is 708. The molecule has 3 nitrogen and oxygen atoms in total. The van der Waals surface area contributed by atoms with E-state index >= 15 is 0 Å². The molecule has 1 atom stereocenters. The summed E-state index contributed by atoms with van der Waals surface area (Å²) in [7, 11) is 0. The molecule has 1 aliphatic rings. The van der Waals surface area contributed by atoms with Gasteiger partial charge in [-0.3, -0.25) is 4.79 Å². The molecule has 6 heteroatoms. The van der Waals surface area contributed by atoms with Crippen LogP contribution in [-0.4, -0.2) is 35.6 Å². The van der Waals surface area contributed by atoms with Crippen LogP contribution in [0.2, 0.25) is 5.02 Å². The molecule has 1 N–H and O–H groups in total. The van der Waals surface area contributed by atoms with E-state index in [1.54, 1.807) is 22.7 Å². The average Bonchev–Trinajstić information content (AvgIpc) is 3.24. The van der Waals surface area contributed by atoms with Gasteiger partial charge in [0.1, 0.15) is 0 Å². The van der Waals surface area contributed by atoms with Crippen LogP contribution in [0.25, 0.3) is 5.57 Å². The molecule has 0 aromatic carbocycles. The Kier molecular flexibility index (Phi) is 6.11. The van der Waals surface area contributed by atoms with Crippen LogP contribution < -0.4 is 0 Å². The van der Waals surface area contributed by atoms with Gasteiger partial charge in [-0.15, -0.1) is 22.7 Å². The van der Waals surface area contributed by atoms with Gasteiger partial charge >= 0.3 is 5.97 Å². The maximum absolute atomic E-state index is 11.2. The van der Waals surface area contributed by atoms with Crippen LogP contribution in [0.5, 0.6) is 0 Å². The van der Waals surface area contributed by atoms with Crippen molar-refractivity contribution >= 4 is 45.8 Å². The molecule has 0 radical (unpaired) electrons.